The smallest absolute Gasteiger partial charge is 0.227 e. The predicted octanol–water partition coefficient (Wildman–Crippen LogP) is 2.42. The molecule has 2 atom stereocenters. The van der Waals surface area contributed by atoms with Gasteiger partial charge in [0.15, 0.2) is 0 Å². The van der Waals surface area contributed by atoms with Crippen molar-refractivity contribution in [1.82, 2.24) is 14.8 Å². The number of aromatic nitrogens is 1. The van der Waals surface area contributed by atoms with Gasteiger partial charge < -0.3 is 19.5 Å². The Balaban J connectivity index is 1.48. The van der Waals surface area contributed by atoms with Crippen LogP contribution in [0.5, 0.6) is 0 Å². The molecule has 1 aromatic heterocycles. The number of likely N-dealkylation sites (tertiary alicyclic amines) is 2. The number of benzene rings is 1. The van der Waals surface area contributed by atoms with Crippen molar-refractivity contribution in [3.63, 3.8) is 0 Å². The molecule has 0 unspecified atom stereocenters. The summed E-state index contributed by atoms with van der Waals surface area (Å²) in [7, 11) is 1.76. The van der Waals surface area contributed by atoms with Gasteiger partial charge in [-0.25, -0.2) is 0 Å². The first kappa shape index (κ1) is 16.6. The van der Waals surface area contributed by atoms with Gasteiger partial charge in [-0.3, -0.25) is 4.79 Å². The summed E-state index contributed by atoms with van der Waals surface area (Å²) in [6.07, 6.45) is 6.11. The van der Waals surface area contributed by atoms with E-state index < -0.39 is 0 Å². The molecule has 0 aliphatic carbocycles. The lowest BCUT2D eigenvalue weighted by atomic mass is 10.1. The zero-order chi connectivity index (χ0) is 17.2. The Morgan fingerprint density at radius 2 is 2.08 bits per heavy atom. The molecular formula is C20H27N3O2. The zero-order valence-corrected chi connectivity index (χ0v) is 14.9. The van der Waals surface area contributed by atoms with Gasteiger partial charge in [-0.1, -0.05) is 18.2 Å². The standard InChI is InChI=1S/C20H27N3O2/c1-25-17-11-16(13-22-8-4-5-9-22)23(14-17)20(24)10-15-12-21-19-7-3-2-6-18(15)19/h2-3,6-7,12,16-17,21H,4-5,8-11,13-14H2,1H3/t16-,17-/m0/s1. The lowest BCUT2D eigenvalue weighted by molar-refractivity contribution is -0.131. The summed E-state index contributed by atoms with van der Waals surface area (Å²) in [5, 5.41) is 1.15. The highest BCUT2D eigenvalue weighted by atomic mass is 16.5. The van der Waals surface area contributed by atoms with E-state index in [1.165, 1.54) is 25.9 Å². The number of methoxy groups -OCH3 is 1. The van der Waals surface area contributed by atoms with E-state index in [4.69, 9.17) is 4.74 Å². The third kappa shape index (κ3) is 3.44. The molecule has 1 aromatic carbocycles. The van der Waals surface area contributed by atoms with Gasteiger partial charge in [0.05, 0.1) is 12.5 Å². The van der Waals surface area contributed by atoms with Crippen molar-refractivity contribution in [2.45, 2.75) is 37.8 Å². The van der Waals surface area contributed by atoms with Crippen LogP contribution in [0.4, 0.5) is 0 Å². The molecule has 2 saturated heterocycles. The Morgan fingerprint density at radius 1 is 1.28 bits per heavy atom. The number of carbonyl (C=O) groups is 1. The van der Waals surface area contributed by atoms with Crippen molar-refractivity contribution in [3.05, 3.63) is 36.0 Å². The first-order valence-corrected chi connectivity index (χ1v) is 9.34. The van der Waals surface area contributed by atoms with Crippen molar-refractivity contribution in [2.75, 3.05) is 33.3 Å². The quantitative estimate of drug-likeness (QED) is 0.909. The number of carbonyl (C=O) groups excluding carboxylic acids is 1. The molecular weight excluding hydrogens is 314 g/mol. The van der Waals surface area contributed by atoms with Gasteiger partial charge in [0.1, 0.15) is 0 Å². The van der Waals surface area contributed by atoms with Crippen LogP contribution in [0.25, 0.3) is 10.9 Å². The number of amides is 1. The lowest BCUT2D eigenvalue weighted by Gasteiger charge is -2.28. The van der Waals surface area contributed by atoms with E-state index >= 15 is 0 Å². The maximum Gasteiger partial charge on any atom is 0.227 e. The monoisotopic (exact) mass is 341 g/mol. The van der Waals surface area contributed by atoms with E-state index in [-0.39, 0.29) is 18.1 Å². The summed E-state index contributed by atoms with van der Waals surface area (Å²) in [5.74, 6) is 0.216. The van der Waals surface area contributed by atoms with Gasteiger partial charge in [0, 0.05) is 43.3 Å². The predicted molar refractivity (Wildman–Crippen MR) is 98.6 cm³/mol. The molecule has 2 fully saturated rings. The number of aromatic amines is 1. The van der Waals surface area contributed by atoms with Crippen LogP contribution in [0.2, 0.25) is 0 Å². The SMILES string of the molecule is CO[C@H]1C[C@@H](CN2CCCC2)N(C(=O)Cc2c[nH]c3ccccc23)C1. The fourth-order valence-corrected chi connectivity index (χ4v) is 4.33. The molecule has 134 valence electrons. The number of hydrogen-bond donors (Lipinski definition) is 1. The minimum Gasteiger partial charge on any atom is -0.380 e. The van der Waals surface area contributed by atoms with Crippen LogP contribution in [0.1, 0.15) is 24.8 Å². The highest BCUT2D eigenvalue weighted by molar-refractivity contribution is 5.89. The topological polar surface area (TPSA) is 48.6 Å². The zero-order valence-electron chi connectivity index (χ0n) is 14.9. The van der Waals surface area contributed by atoms with E-state index in [9.17, 15) is 4.79 Å². The number of ether oxygens (including phenoxy) is 1. The number of rotatable bonds is 5. The second-order valence-electron chi connectivity index (χ2n) is 7.34. The van der Waals surface area contributed by atoms with Crippen LogP contribution in [-0.2, 0) is 16.0 Å². The summed E-state index contributed by atoms with van der Waals surface area (Å²) in [5.41, 5.74) is 2.18. The number of nitrogens with zero attached hydrogens (tertiary/aromatic N) is 2. The van der Waals surface area contributed by atoms with Crippen molar-refractivity contribution in [3.8, 4) is 0 Å². The van der Waals surface area contributed by atoms with Crippen molar-refractivity contribution < 1.29 is 9.53 Å². The van der Waals surface area contributed by atoms with Gasteiger partial charge in [-0.05, 0) is 44.0 Å². The molecule has 4 rings (SSSR count). The van der Waals surface area contributed by atoms with Crippen LogP contribution in [-0.4, -0.2) is 66.1 Å². The van der Waals surface area contributed by atoms with E-state index in [0.29, 0.717) is 6.42 Å². The van der Waals surface area contributed by atoms with Crippen LogP contribution in [0.3, 0.4) is 0 Å². The average Bonchev–Trinajstić information content (AvgIpc) is 3.36. The molecule has 2 aliphatic heterocycles. The van der Waals surface area contributed by atoms with E-state index in [1.54, 1.807) is 7.11 Å². The molecule has 5 nitrogen and oxygen atoms in total. The van der Waals surface area contributed by atoms with Crippen molar-refractivity contribution in [1.29, 1.82) is 0 Å². The van der Waals surface area contributed by atoms with Gasteiger partial charge in [0.25, 0.3) is 0 Å². The Morgan fingerprint density at radius 3 is 2.88 bits per heavy atom. The van der Waals surface area contributed by atoms with Gasteiger partial charge >= 0.3 is 0 Å². The second kappa shape index (κ2) is 7.18. The number of hydrogen-bond acceptors (Lipinski definition) is 3. The number of fused-ring (bicyclic) bond motifs is 1. The summed E-state index contributed by atoms with van der Waals surface area (Å²) >= 11 is 0. The van der Waals surface area contributed by atoms with Crippen LogP contribution in [0.15, 0.2) is 30.5 Å². The Bertz CT molecular complexity index is 735. The highest BCUT2D eigenvalue weighted by Crippen LogP contribution is 2.25. The van der Waals surface area contributed by atoms with Gasteiger partial charge in [-0.2, -0.15) is 0 Å². The van der Waals surface area contributed by atoms with Crippen molar-refractivity contribution in [2.24, 2.45) is 0 Å². The summed E-state index contributed by atoms with van der Waals surface area (Å²) in [4.78, 5) is 20.9. The Labute approximate surface area is 148 Å². The number of nitrogens with one attached hydrogen (secondary N) is 1. The van der Waals surface area contributed by atoms with Crippen molar-refractivity contribution >= 4 is 16.8 Å². The minimum atomic E-state index is 0.166. The fraction of sp³-hybridized carbons (Fsp3) is 0.550. The van der Waals surface area contributed by atoms with Gasteiger partial charge in [0.2, 0.25) is 5.91 Å². The molecule has 2 aliphatic rings. The Hall–Kier alpha value is -1.85. The first-order chi connectivity index (χ1) is 12.2. The molecule has 0 spiro atoms. The molecule has 5 heteroatoms. The highest BCUT2D eigenvalue weighted by Gasteiger charge is 2.36. The van der Waals surface area contributed by atoms with Crippen LogP contribution < -0.4 is 0 Å². The van der Waals surface area contributed by atoms with Gasteiger partial charge in [-0.15, -0.1) is 0 Å². The summed E-state index contributed by atoms with van der Waals surface area (Å²) < 4.78 is 5.57. The normalized spacial score (nSPS) is 24.4. The lowest BCUT2D eigenvalue weighted by Crippen LogP contribution is -2.43. The molecule has 0 saturated carbocycles. The van der Waals surface area contributed by atoms with E-state index in [1.807, 2.05) is 18.3 Å². The summed E-state index contributed by atoms with van der Waals surface area (Å²) in [6.45, 7) is 4.03. The first-order valence-electron chi connectivity index (χ1n) is 9.34. The largest absolute Gasteiger partial charge is 0.380 e. The number of para-hydroxylation sites is 1. The third-order valence-electron chi connectivity index (χ3n) is 5.71. The molecule has 25 heavy (non-hydrogen) atoms. The third-order valence-corrected chi connectivity index (χ3v) is 5.71. The minimum absolute atomic E-state index is 0.166. The van der Waals surface area contributed by atoms with E-state index in [2.05, 4.69) is 26.9 Å². The van der Waals surface area contributed by atoms with E-state index in [0.717, 1.165) is 36.0 Å². The Kier molecular flexibility index (Phi) is 4.77. The maximum absolute atomic E-state index is 13.0. The average molecular weight is 341 g/mol. The molecule has 1 N–H and O–H groups in total. The maximum atomic E-state index is 13.0. The second-order valence-corrected chi connectivity index (χ2v) is 7.34. The molecule has 0 bridgehead atoms. The molecule has 1 amide bonds. The summed E-state index contributed by atoms with van der Waals surface area (Å²) in [6, 6.07) is 8.45. The number of H-pyrrole nitrogens is 1. The van der Waals surface area contributed by atoms with Crippen LogP contribution in [0, 0.1) is 0 Å². The fourth-order valence-electron chi connectivity index (χ4n) is 4.33. The van der Waals surface area contributed by atoms with Crippen LogP contribution >= 0.6 is 0 Å². The molecule has 2 aromatic rings. The molecule has 3 heterocycles. The molecule has 0 radical (unpaired) electrons.